The average molecular weight is 220 g/mol. The van der Waals surface area contributed by atoms with Crippen LogP contribution >= 0.6 is 0 Å². The molecule has 0 fully saturated rings. The van der Waals surface area contributed by atoms with E-state index in [4.69, 9.17) is 10.5 Å². The van der Waals surface area contributed by atoms with Gasteiger partial charge in [0, 0.05) is 30.4 Å². The van der Waals surface area contributed by atoms with Crippen LogP contribution in [0, 0.1) is 6.92 Å². The van der Waals surface area contributed by atoms with Gasteiger partial charge >= 0.3 is 0 Å². The highest BCUT2D eigenvalue weighted by molar-refractivity contribution is 5.99. The van der Waals surface area contributed by atoms with Crippen LogP contribution in [0.3, 0.4) is 0 Å². The molecule has 0 spiro atoms. The average Bonchev–Trinajstić information content (AvgIpc) is 2.51. The lowest BCUT2D eigenvalue weighted by molar-refractivity contribution is 0.183. The minimum atomic E-state index is 0.225. The van der Waals surface area contributed by atoms with Gasteiger partial charge in [-0.2, -0.15) is 0 Å². The summed E-state index contributed by atoms with van der Waals surface area (Å²) in [5.41, 5.74) is 7.48. The molecule has 1 aromatic heterocycles. The van der Waals surface area contributed by atoms with Gasteiger partial charge in [0.25, 0.3) is 0 Å². The number of rotatable bonds is 3. The monoisotopic (exact) mass is 220 g/mol. The largest absolute Gasteiger partial charge is 0.494 e. The van der Waals surface area contributed by atoms with Crippen molar-refractivity contribution < 1.29 is 9.84 Å². The third-order valence-electron chi connectivity index (χ3n) is 2.89. The summed E-state index contributed by atoms with van der Waals surface area (Å²) in [6, 6.07) is 5.65. The minimum Gasteiger partial charge on any atom is -0.494 e. The van der Waals surface area contributed by atoms with Crippen LogP contribution in [0.5, 0.6) is 5.88 Å². The summed E-state index contributed by atoms with van der Waals surface area (Å²) in [5, 5.41) is 11.8. The number of aromatic hydroxyl groups is 1. The first-order valence-electron chi connectivity index (χ1n) is 5.22. The Morgan fingerprint density at radius 2 is 2.19 bits per heavy atom. The Bertz CT molecular complexity index is 517. The molecule has 2 aromatic rings. The van der Waals surface area contributed by atoms with Gasteiger partial charge in [0.1, 0.15) is 0 Å². The molecule has 4 nitrogen and oxygen atoms in total. The van der Waals surface area contributed by atoms with Gasteiger partial charge in [-0.1, -0.05) is 12.1 Å². The third-order valence-corrected chi connectivity index (χ3v) is 2.89. The zero-order chi connectivity index (χ0) is 11.7. The van der Waals surface area contributed by atoms with Crippen molar-refractivity contribution in [3.8, 4) is 5.88 Å². The van der Waals surface area contributed by atoms with Gasteiger partial charge in [0.05, 0.1) is 12.0 Å². The van der Waals surface area contributed by atoms with Crippen LogP contribution in [-0.2, 0) is 11.3 Å². The first-order chi connectivity index (χ1) is 7.66. The van der Waals surface area contributed by atoms with Crippen molar-refractivity contribution >= 4 is 16.5 Å². The van der Waals surface area contributed by atoms with Crippen LogP contribution in [0.2, 0.25) is 0 Å². The van der Waals surface area contributed by atoms with E-state index in [1.54, 1.807) is 13.2 Å². The second-order valence-corrected chi connectivity index (χ2v) is 3.82. The van der Waals surface area contributed by atoms with Crippen LogP contribution < -0.4 is 5.73 Å². The maximum Gasteiger partial charge on any atom is 0.201 e. The molecule has 0 atom stereocenters. The number of nitrogens with two attached hydrogens (primary N) is 1. The highest BCUT2D eigenvalue weighted by atomic mass is 16.5. The van der Waals surface area contributed by atoms with Gasteiger partial charge in [-0.15, -0.1) is 0 Å². The van der Waals surface area contributed by atoms with E-state index in [0.29, 0.717) is 18.8 Å². The molecule has 0 radical (unpaired) electrons. The standard InChI is InChI=1S/C12H16N2O2/c1-8-9-4-3-5-10(13)11(9)12(15)14(8)6-7-16-2/h3-5,15H,6-7,13H2,1-2H3. The van der Waals surface area contributed by atoms with E-state index in [1.165, 1.54) is 0 Å². The van der Waals surface area contributed by atoms with Crippen LogP contribution in [0.15, 0.2) is 18.2 Å². The number of hydrogen-bond donors (Lipinski definition) is 2. The van der Waals surface area contributed by atoms with Gasteiger partial charge in [0.2, 0.25) is 5.88 Å². The molecule has 0 aliphatic rings. The van der Waals surface area contributed by atoms with Gasteiger partial charge in [0.15, 0.2) is 0 Å². The Balaban J connectivity index is 2.62. The first kappa shape index (κ1) is 10.8. The lowest BCUT2D eigenvalue weighted by Crippen LogP contribution is -2.04. The Labute approximate surface area is 94.2 Å². The van der Waals surface area contributed by atoms with Crippen molar-refractivity contribution in [3.63, 3.8) is 0 Å². The molecule has 0 aliphatic carbocycles. The molecule has 0 aliphatic heterocycles. The molecule has 0 amide bonds. The Hall–Kier alpha value is -1.68. The van der Waals surface area contributed by atoms with E-state index in [0.717, 1.165) is 16.5 Å². The maximum atomic E-state index is 10.1. The number of fused-ring (bicyclic) bond motifs is 1. The van der Waals surface area contributed by atoms with Gasteiger partial charge in [-0.3, -0.25) is 0 Å². The third kappa shape index (κ3) is 1.51. The van der Waals surface area contributed by atoms with Gasteiger partial charge in [-0.25, -0.2) is 0 Å². The molecular weight excluding hydrogens is 204 g/mol. The summed E-state index contributed by atoms with van der Waals surface area (Å²) < 4.78 is 6.84. The molecule has 0 bridgehead atoms. The van der Waals surface area contributed by atoms with E-state index in [-0.39, 0.29) is 5.88 Å². The van der Waals surface area contributed by atoms with Gasteiger partial charge in [-0.05, 0) is 13.0 Å². The molecular formula is C12H16N2O2. The van der Waals surface area contributed by atoms with Crippen LogP contribution in [0.1, 0.15) is 5.69 Å². The van der Waals surface area contributed by atoms with Crippen LogP contribution in [-0.4, -0.2) is 23.4 Å². The SMILES string of the molecule is COCCn1c(C)c2cccc(N)c2c1O. The molecule has 86 valence electrons. The number of ether oxygens (including phenoxy) is 1. The number of aromatic nitrogens is 1. The second kappa shape index (κ2) is 4.06. The summed E-state index contributed by atoms with van der Waals surface area (Å²) in [7, 11) is 1.64. The zero-order valence-corrected chi connectivity index (χ0v) is 9.53. The van der Waals surface area contributed by atoms with E-state index in [9.17, 15) is 5.11 Å². The molecule has 4 heteroatoms. The van der Waals surface area contributed by atoms with Crippen molar-refractivity contribution in [2.75, 3.05) is 19.5 Å². The number of methoxy groups -OCH3 is 1. The molecule has 0 unspecified atom stereocenters. The number of benzene rings is 1. The highest BCUT2D eigenvalue weighted by Gasteiger charge is 2.14. The van der Waals surface area contributed by atoms with Crippen LogP contribution in [0.25, 0.3) is 10.8 Å². The molecule has 0 saturated heterocycles. The minimum absolute atomic E-state index is 0.225. The predicted molar refractivity (Wildman–Crippen MR) is 64.6 cm³/mol. The molecule has 16 heavy (non-hydrogen) atoms. The first-order valence-corrected chi connectivity index (χ1v) is 5.22. The number of aryl methyl sites for hydroxylation is 1. The lowest BCUT2D eigenvalue weighted by Gasteiger charge is -2.06. The summed E-state index contributed by atoms with van der Waals surface area (Å²) in [5.74, 6) is 0.225. The Morgan fingerprint density at radius 1 is 1.44 bits per heavy atom. The second-order valence-electron chi connectivity index (χ2n) is 3.82. The number of hydrogen-bond acceptors (Lipinski definition) is 3. The highest BCUT2D eigenvalue weighted by Crippen LogP contribution is 2.34. The van der Waals surface area contributed by atoms with Gasteiger partial charge < -0.3 is 20.1 Å². The predicted octanol–water partition coefficient (Wildman–Crippen LogP) is 1.88. The quantitative estimate of drug-likeness (QED) is 0.776. The van der Waals surface area contributed by atoms with Crippen molar-refractivity contribution in [2.45, 2.75) is 13.5 Å². The summed E-state index contributed by atoms with van der Waals surface area (Å²) in [6.45, 7) is 3.16. The lowest BCUT2D eigenvalue weighted by atomic mass is 10.1. The van der Waals surface area contributed by atoms with E-state index >= 15 is 0 Å². The topological polar surface area (TPSA) is 60.4 Å². The fourth-order valence-electron chi connectivity index (χ4n) is 2.02. The molecule has 2 rings (SSSR count). The van der Waals surface area contributed by atoms with Crippen LogP contribution in [0.4, 0.5) is 5.69 Å². The fourth-order valence-corrected chi connectivity index (χ4v) is 2.02. The van der Waals surface area contributed by atoms with Crippen molar-refractivity contribution in [3.05, 3.63) is 23.9 Å². The smallest absolute Gasteiger partial charge is 0.201 e. The molecule has 1 heterocycles. The van der Waals surface area contributed by atoms with E-state index in [2.05, 4.69) is 0 Å². The van der Waals surface area contributed by atoms with E-state index < -0.39 is 0 Å². The fraction of sp³-hybridized carbons (Fsp3) is 0.333. The zero-order valence-electron chi connectivity index (χ0n) is 9.53. The van der Waals surface area contributed by atoms with E-state index in [1.807, 2.05) is 23.6 Å². The Morgan fingerprint density at radius 3 is 2.81 bits per heavy atom. The number of nitrogen functional groups attached to an aromatic ring is 1. The normalized spacial score (nSPS) is 11.1. The summed E-state index contributed by atoms with van der Waals surface area (Å²) >= 11 is 0. The summed E-state index contributed by atoms with van der Waals surface area (Å²) in [6.07, 6.45) is 0. The molecule has 1 aromatic carbocycles. The maximum absolute atomic E-state index is 10.1. The number of anilines is 1. The number of nitrogens with zero attached hydrogens (tertiary/aromatic N) is 1. The summed E-state index contributed by atoms with van der Waals surface area (Å²) in [4.78, 5) is 0. The van der Waals surface area contributed by atoms with Crippen molar-refractivity contribution in [2.24, 2.45) is 0 Å². The molecule has 0 saturated carbocycles. The Kier molecular flexibility index (Phi) is 2.75. The van der Waals surface area contributed by atoms with Crippen molar-refractivity contribution in [1.82, 2.24) is 4.57 Å². The van der Waals surface area contributed by atoms with Crippen molar-refractivity contribution in [1.29, 1.82) is 0 Å². The molecule has 3 N–H and O–H groups in total.